The minimum absolute atomic E-state index is 0.264. The molecule has 0 unspecified atom stereocenters. The first-order valence-electron chi connectivity index (χ1n) is 6.68. The third-order valence-corrected chi connectivity index (χ3v) is 5.73. The lowest BCUT2D eigenvalue weighted by atomic mass is 9.87. The van der Waals surface area contributed by atoms with E-state index in [1.165, 1.54) is 0 Å². The molecular weight excluding hydrogens is 372 g/mol. The molecule has 0 saturated heterocycles. The van der Waals surface area contributed by atoms with Crippen molar-refractivity contribution in [1.29, 1.82) is 0 Å². The van der Waals surface area contributed by atoms with E-state index in [1.54, 1.807) is 0 Å². The second-order valence-corrected chi connectivity index (χ2v) is 5.72. The fourth-order valence-electron chi connectivity index (χ4n) is 1.76. The van der Waals surface area contributed by atoms with Gasteiger partial charge in [-0.15, -0.1) is 0 Å². The summed E-state index contributed by atoms with van der Waals surface area (Å²) in [5.74, 6) is 1.66. The summed E-state index contributed by atoms with van der Waals surface area (Å²) in [5, 5.41) is 1.97. The zero-order valence-electron chi connectivity index (χ0n) is 11.6. The first kappa shape index (κ1) is 16.8. The Morgan fingerprint density at radius 1 is 1.00 bits per heavy atom. The summed E-state index contributed by atoms with van der Waals surface area (Å²) >= 11 is 7.22. The molecule has 1 rings (SSSR count). The molecule has 0 bridgehead atoms. The van der Waals surface area contributed by atoms with Crippen LogP contribution in [-0.2, 0) is 0 Å². The second kappa shape index (κ2) is 8.85. The zero-order chi connectivity index (χ0) is 14.1. The molecule has 0 aromatic heterocycles. The largest absolute Gasteiger partial charge is 0.490 e. The predicted molar refractivity (Wildman–Crippen MR) is 88.0 cm³/mol. The smallest absolute Gasteiger partial charge is 0.161 e. The van der Waals surface area contributed by atoms with E-state index in [4.69, 9.17) is 9.47 Å². The van der Waals surface area contributed by atoms with Crippen LogP contribution >= 0.6 is 31.9 Å². The van der Waals surface area contributed by atoms with E-state index in [2.05, 4.69) is 38.8 Å². The highest BCUT2D eigenvalue weighted by molar-refractivity contribution is 9.09. The molecule has 108 valence electrons. The minimum Gasteiger partial charge on any atom is -0.490 e. The van der Waals surface area contributed by atoms with Gasteiger partial charge in [0, 0.05) is 10.7 Å². The molecule has 0 radical (unpaired) electrons. The van der Waals surface area contributed by atoms with E-state index < -0.39 is 0 Å². The number of hydrogen-bond acceptors (Lipinski definition) is 2. The summed E-state index contributed by atoms with van der Waals surface area (Å²) < 4.78 is 11.4. The van der Waals surface area contributed by atoms with Crippen molar-refractivity contribution < 1.29 is 9.47 Å². The molecule has 2 nitrogen and oxygen atoms in total. The van der Waals surface area contributed by atoms with Crippen LogP contribution in [0.25, 0.3) is 0 Å². The summed E-state index contributed by atoms with van der Waals surface area (Å²) in [6, 6.07) is 7.84. The van der Waals surface area contributed by atoms with Crippen molar-refractivity contribution in [2.45, 2.75) is 26.7 Å². The third-order valence-electron chi connectivity index (χ3n) is 3.36. The topological polar surface area (TPSA) is 18.5 Å². The molecule has 0 fully saturated rings. The van der Waals surface area contributed by atoms with E-state index in [0.29, 0.717) is 13.2 Å². The van der Waals surface area contributed by atoms with Crippen molar-refractivity contribution >= 4 is 31.9 Å². The number of para-hydroxylation sites is 2. The van der Waals surface area contributed by atoms with Crippen LogP contribution in [0.3, 0.4) is 0 Å². The van der Waals surface area contributed by atoms with Crippen molar-refractivity contribution in [3.05, 3.63) is 24.3 Å². The van der Waals surface area contributed by atoms with Crippen molar-refractivity contribution in [2.24, 2.45) is 5.41 Å². The van der Waals surface area contributed by atoms with Gasteiger partial charge in [0.15, 0.2) is 11.5 Å². The van der Waals surface area contributed by atoms with Gasteiger partial charge in [0.25, 0.3) is 0 Å². The molecule has 1 aromatic carbocycles. The van der Waals surface area contributed by atoms with Gasteiger partial charge in [0.2, 0.25) is 0 Å². The Labute approximate surface area is 133 Å². The van der Waals surface area contributed by atoms with Crippen LogP contribution in [0.1, 0.15) is 26.7 Å². The van der Waals surface area contributed by atoms with Crippen LogP contribution in [0.15, 0.2) is 24.3 Å². The maximum atomic E-state index is 5.88. The number of rotatable bonds is 9. The lowest BCUT2D eigenvalue weighted by molar-refractivity contribution is 0.221. The van der Waals surface area contributed by atoms with Gasteiger partial charge in [-0.25, -0.2) is 0 Å². The molecule has 0 amide bonds. The van der Waals surface area contributed by atoms with Gasteiger partial charge in [-0.2, -0.15) is 0 Å². The van der Waals surface area contributed by atoms with Gasteiger partial charge in [0.05, 0.1) is 13.2 Å². The summed E-state index contributed by atoms with van der Waals surface area (Å²) in [5.41, 5.74) is 0.264. The molecular formula is C15H22Br2O2. The molecule has 0 N–H and O–H groups in total. The average molecular weight is 394 g/mol. The van der Waals surface area contributed by atoms with Gasteiger partial charge < -0.3 is 9.47 Å². The lowest BCUT2D eigenvalue weighted by Crippen LogP contribution is -2.26. The van der Waals surface area contributed by atoms with Crippen molar-refractivity contribution in [1.82, 2.24) is 0 Å². The Hall–Kier alpha value is -0.220. The summed E-state index contributed by atoms with van der Waals surface area (Å²) in [4.78, 5) is 0. The molecule has 0 saturated carbocycles. The molecule has 0 aliphatic rings. The quantitative estimate of drug-likeness (QED) is 0.547. The SMILES string of the molecule is CCOc1ccccc1OCCC(CC)(CBr)CBr. The Bertz CT molecular complexity index is 357. The maximum absolute atomic E-state index is 5.88. The van der Waals surface area contributed by atoms with Crippen molar-refractivity contribution in [3.8, 4) is 11.5 Å². The number of halogens is 2. The lowest BCUT2D eigenvalue weighted by Gasteiger charge is -2.28. The molecule has 0 spiro atoms. The van der Waals surface area contributed by atoms with Gasteiger partial charge >= 0.3 is 0 Å². The molecule has 19 heavy (non-hydrogen) atoms. The van der Waals surface area contributed by atoms with Crippen molar-refractivity contribution in [3.63, 3.8) is 0 Å². The third kappa shape index (κ3) is 4.99. The fourth-order valence-corrected chi connectivity index (χ4v) is 4.04. The number of benzene rings is 1. The summed E-state index contributed by atoms with van der Waals surface area (Å²) in [7, 11) is 0. The van der Waals surface area contributed by atoms with E-state index in [1.807, 2.05) is 31.2 Å². The van der Waals surface area contributed by atoms with E-state index in [0.717, 1.165) is 35.0 Å². The maximum Gasteiger partial charge on any atom is 0.161 e. The highest BCUT2D eigenvalue weighted by Gasteiger charge is 2.25. The highest BCUT2D eigenvalue weighted by atomic mass is 79.9. The molecule has 0 aliphatic heterocycles. The van der Waals surface area contributed by atoms with Gasteiger partial charge in [-0.1, -0.05) is 50.9 Å². The first-order chi connectivity index (χ1) is 9.21. The molecule has 0 atom stereocenters. The van der Waals surface area contributed by atoms with Gasteiger partial charge in [-0.3, -0.25) is 0 Å². The summed E-state index contributed by atoms with van der Waals surface area (Å²) in [6.07, 6.45) is 2.14. The van der Waals surface area contributed by atoms with Crippen LogP contribution in [0.2, 0.25) is 0 Å². The summed E-state index contributed by atoms with van der Waals surface area (Å²) in [6.45, 7) is 5.56. The van der Waals surface area contributed by atoms with E-state index in [9.17, 15) is 0 Å². The van der Waals surface area contributed by atoms with Crippen molar-refractivity contribution in [2.75, 3.05) is 23.9 Å². The predicted octanol–water partition coefficient (Wildman–Crippen LogP) is 5.04. The minimum atomic E-state index is 0.264. The Balaban J connectivity index is 2.57. The monoisotopic (exact) mass is 392 g/mol. The van der Waals surface area contributed by atoms with Crippen LogP contribution < -0.4 is 9.47 Å². The Morgan fingerprint density at radius 3 is 2.05 bits per heavy atom. The second-order valence-electron chi connectivity index (χ2n) is 4.60. The average Bonchev–Trinajstić information content (AvgIpc) is 2.46. The Kier molecular flexibility index (Phi) is 7.84. The van der Waals surface area contributed by atoms with Gasteiger partial charge in [0.1, 0.15) is 0 Å². The fraction of sp³-hybridized carbons (Fsp3) is 0.600. The molecule has 1 aromatic rings. The van der Waals surface area contributed by atoms with E-state index >= 15 is 0 Å². The molecule has 0 aliphatic carbocycles. The number of ether oxygens (including phenoxy) is 2. The normalized spacial score (nSPS) is 11.4. The first-order valence-corrected chi connectivity index (χ1v) is 8.92. The van der Waals surface area contributed by atoms with Crippen LogP contribution in [0.4, 0.5) is 0 Å². The van der Waals surface area contributed by atoms with Crippen LogP contribution in [0, 0.1) is 5.41 Å². The van der Waals surface area contributed by atoms with Crippen LogP contribution in [0.5, 0.6) is 11.5 Å². The number of alkyl halides is 2. The number of hydrogen-bond donors (Lipinski definition) is 0. The zero-order valence-corrected chi connectivity index (χ0v) is 14.8. The van der Waals surface area contributed by atoms with Crippen LogP contribution in [-0.4, -0.2) is 23.9 Å². The van der Waals surface area contributed by atoms with Gasteiger partial charge in [-0.05, 0) is 37.3 Å². The Morgan fingerprint density at radius 2 is 1.58 bits per heavy atom. The highest BCUT2D eigenvalue weighted by Crippen LogP contribution is 2.32. The van der Waals surface area contributed by atoms with E-state index in [-0.39, 0.29) is 5.41 Å². The molecule has 0 heterocycles. The molecule has 4 heteroatoms. The standard InChI is InChI=1S/C15H22Br2O2/c1-3-15(11-16,12-17)9-10-19-14-8-6-5-7-13(14)18-4-2/h5-8H,3-4,9-12H2,1-2H3.